The minimum absolute atomic E-state index is 0.0231. The molecule has 0 aliphatic rings. The largest absolute Gasteiger partial charge is 0.410 e. The van der Waals surface area contributed by atoms with Gasteiger partial charge in [-0.15, -0.1) is 0 Å². The van der Waals surface area contributed by atoms with Gasteiger partial charge in [0, 0.05) is 0 Å². The molecule has 1 heterocycles. The van der Waals surface area contributed by atoms with Crippen molar-refractivity contribution in [2.75, 3.05) is 0 Å². The summed E-state index contributed by atoms with van der Waals surface area (Å²) in [6.07, 6.45) is 1.04. The van der Waals surface area contributed by atoms with Crippen molar-refractivity contribution in [2.24, 2.45) is 5.16 Å². The number of nitriles is 1. The molecule has 0 fully saturated rings. The van der Waals surface area contributed by atoms with E-state index in [1.807, 2.05) is 0 Å². The molecule has 0 saturated carbocycles. The normalized spacial score (nSPS) is 10.9. The Kier molecular flexibility index (Phi) is 1.61. The van der Waals surface area contributed by atoms with E-state index in [0.29, 0.717) is 0 Å². The molecule has 6 nitrogen and oxygen atoms in total. The Morgan fingerprint density at radius 3 is 3.10 bits per heavy atom. The van der Waals surface area contributed by atoms with Crippen LogP contribution in [0.25, 0.3) is 0 Å². The predicted molar refractivity (Wildman–Crippen MR) is 28.2 cm³/mol. The van der Waals surface area contributed by atoms with Gasteiger partial charge in [0.15, 0.2) is 0 Å². The molecule has 0 unspecified atom stereocenters. The standard InChI is InChI=1S/C4H2N4O2/c5-1-3(7-9)4-6-2-10-8-4/h2,9H/b7-3+. The molecule has 0 aliphatic heterocycles. The predicted octanol–water partition coefficient (Wildman–Crippen LogP) is -0.229. The molecule has 0 spiro atoms. The molecule has 1 rings (SSSR count). The summed E-state index contributed by atoms with van der Waals surface area (Å²) in [5.41, 5.74) is -0.270. The number of nitrogens with zero attached hydrogens (tertiary/aromatic N) is 4. The average Bonchev–Trinajstić information content (AvgIpc) is 2.43. The zero-order valence-electron chi connectivity index (χ0n) is 4.72. The first-order valence-electron chi connectivity index (χ1n) is 2.27. The fraction of sp³-hybridized carbons (Fsp3) is 0. The van der Waals surface area contributed by atoms with Crippen LogP contribution in [0.2, 0.25) is 0 Å². The third-order valence-electron chi connectivity index (χ3n) is 0.779. The van der Waals surface area contributed by atoms with Crippen LogP contribution in [0.15, 0.2) is 16.1 Å². The maximum Gasteiger partial charge on any atom is 0.235 e. The zero-order valence-corrected chi connectivity index (χ0v) is 4.72. The van der Waals surface area contributed by atoms with E-state index in [0.717, 1.165) is 6.39 Å². The molecular formula is C4H2N4O2. The molecule has 1 N–H and O–H groups in total. The number of hydrogen-bond acceptors (Lipinski definition) is 6. The number of aromatic nitrogens is 2. The Hall–Kier alpha value is -1.90. The Balaban J connectivity index is 2.99. The van der Waals surface area contributed by atoms with Gasteiger partial charge in [-0.3, -0.25) is 0 Å². The Bertz CT molecular complexity index is 270. The SMILES string of the molecule is N#C/C(=N\O)c1ncon1. The van der Waals surface area contributed by atoms with Crippen LogP contribution in [0.4, 0.5) is 0 Å². The van der Waals surface area contributed by atoms with Gasteiger partial charge in [-0.25, -0.2) is 0 Å². The molecule has 10 heavy (non-hydrogen) atoms. The van der Waals surface area contributed by atoms with Gasteiger partial charge >= 0.3 is 0 Å². The number of oxime groups is 1. The van der Waals surface area contributed by atoms with Gasteiger partial charge in [-0.05, 0) is 0 Å². The quantitative estimate of drug-likeness (QED) is 0.328. The van der Waals surface area contributed by atoms with Gasteiger partial charge in [0.05, 0.1) is 0 Å². The van der Waals surface area contributed by atoms with Crippen LogP contribution in [-0.4, -0.2) is 21.1 Å². The molecule has 0 radical (unpaired) electrons. The van der Waals surface area contributed by atoms with Crippen molar-refractivity contribution in [3.63, 3.8) is 0 Å². The van der Waals surface area contributed by atoms with Crippen molar-refractivity contribution in [1.82, 2.24) is 10.1 Å². The lowest BCUT2D eigenvalue weighted by molar-refractivity contribution is 0.319. The highest BCUT2D eigenvalue weighted by Crippen LogP contribution is 1.89. The van der Waals surface area contributed by atoms with Gasteiger partial charge in [-0.2, -0.15) is 10.2 Å². The molecule has 0 amide bonds. The summed E-state index contributed by atoms with van der Waals surface area (Å²) in [5, 5.41) is 22.3. The third-order valence-corrected chi connectivity index (χ3v) is 0.779. The second kappa shape index (κ2) is 2.59. The van der Waals surface area contributed by atoms with Gasteiger partial charge in [0.1, 0.15) is 6.07 Å². The van der Waals surface area contributed by atoms with Crippen molar-refractivity contribution in [3.8, 4) is 6.07 Å². The summed E-state index contributed by atoms with van der Waals surface area (Å²) in [6, 6.07) is 1.57. The van der Waals surface area contributed by atoms with Crippen molar-refractivity contribution in [1.29, 1.82) is 5.26 Å². The Morgan fingerprint density at radius 2 is 2.70 bits per heavy atom. The van der Waals surface area contributed by atoms with Crippen molar-refractivity contribution in [2.45, 2.75) is 0 Å². The lowest BCUT2D eigenvalue weighted by Gasteiger charge is -1.79. The Labute approximate surface area is 55.4 Å². The van der Waals surface area contributed by atoms with Gasteiger partial charge in [0.25, 0.3) is 0 Å². The van der Waals surface area contributed by atoms with E-state index in [4.69, 9.17) is 10.5 Å². The highest BCUT2D eigenvalue weighted by Gasteiger charge is 2.06. The van der Waals surface area contributed by atoms with Crippen LogP contribution in [0.1, 0.15) is 5.82 Å². The Morgan fingerprint density at radius 1 is 1.90 bits per heavy atom. The van der Waals surface area contributed by atoms with E-state index < -0.39 is 0 Å². The lowest BCUT2D eigenvalue weighted by Crippen LogP contribution is -1.98. The summed E-state index contributed by atoms with van der Waals surface area (Å²) in [4.78, 5) is 3.47. The average molecular weight is 138 g/mol. The highest BCUT2D eigenvalue weighted by atomic mass is 16.5. The van der Waals surface area contributed by atoms with Gasteiger partial charge in [0.2, 0.25) is 17.9 Å². The molecule has 0 atom stereocenters. The fourth-order valence-corrected chi connectivity index (χ4v) is 0.392. The van der Waals surface area contributed by atoms with Crippen LogP contribution in [-0.2, 0) is 0 Å². The van der Waals surface area contributed by atoms with Crippen LogP contribution in [0.5, 0.6) is 0 Å². The first kappa shape index (κ1) is 6.22. The molecule has 0 aliphatic carbocycles. The van der Waals surface area contributed by atoms with Crippen LogP contribution >= 0.6 is 0 Å². The van der Waals surface area contributed by atoms with E-state index in [9.17, 15) is 0 Å². The minimum atomic E-state index is -0.270. The number of rotatable bonds is 1. The van der Waals surface area contributed by atoms with Crippen molar-refractivity contribution < 1.29 is 9.73 Å². The monoisotopic (exact) mass is 138 g/mol. The summed E-state index contributed by atoms with van der Waals surface area (Å²) < 4.78 is 4.29. The lowest BCUT2D eigenvalue weighted by atomic mass is 10.4. The second-order valence-corrected chi connectivity index (χ2v) is 1.32. The summed E-state index contributed by atoms with van der Waals surface area (Å²) in [6.45, 7) is 0. The first-order chi connectivity index (χ1) is 4.88. The molecule has 0 bridgehead atoms. The van der Waals surface area contributed by atoms with Gasteiger partial charge in [-0.1, -0.05) is 10.3 Å². The van der Waals surface area contributed by atoms with Crippen molar-refractivity contribution >= 4 is 5.71 Å². The van der Waals surface area contributed by atoms with Crippen LogP contribution < -0.4 is 0 Å². The van der Waals surface area contributed by atoms with E-state index in [1.54, 1.807) is 6.07 Å². The topological polar surface area (TPSA) is 95.3 Å². The molecule has 50 valence electrons. The first-order valence-corrected chi connectivity index (χ1v) is 2.27. The van der Waals surface area contributed by atoms with Gasteiger partial charge < -0.3 is 9.73 Å². The summed E-state index contributed by atoms with van der Waals surface area (Å²) in [7, 11) is 0. The van der Waals surface area contributed by atoms with Crippen LogP contribution in [0.3, 0.4) is 0 Å². The highest BCUT2D eigenvalue weighted by molar-refractivity contribution is 6.08. The maximum absolute atomic E-state index is 8.24. The van der Waals surface area contributed by atoms with E-state index in [-0.39, 0.29) is 11.5 Å². The summed E-state index contributed by atoms with van der Waals surface area (Å²) >= 11 is 0. The molecule has 1 aromatic heterocycles. The van der Waals surface area contributed by atoms with E-state index >= 15 is 0 Å². The molecule has 0 aromatic carbocycles. The fourth-order valence-electron chi connectivity index (χ4n) is 0.392. The number of hydrogen-bond donors (Lipinski definition) is 1. The molecule has 1 aromatic rings. The molecule has 6 heteroatoms. The maximum atomic E-state index is 8.24. The third kappa shape index (κ3) is 0.925. The van der Waals surface area contributed by atoms with Crippen molar-refractivity contribution in [3.05, 3.63) is 12.2 Å². The van der Waals surface area contributed by atoms with E-state index in [2.05, 4.69) is 19.8 Å². The zero-order chi connectivity index (χ0) is 7.40. The van der Waals surface area contributed by atoms with Crippen LogP contribution in [0, 0.1) is 11.3 Å². The molecule has 0 saturated heterocycles. The van der Waals surface area contributed by atoms with E-state index in [1.165, 1.54) is 0 Å². The second-order valence-electron chi connectivity index (χ2n) is 1.32. The smallest absolute Gasteiger partial charge is 0.235 e. The summed E-state index contributed by atoms with van der Waals surface area (Å²) in [5.74, 6) is -0.0231. The minimum Gasteiger partial charge on any atom is -0.410 e. The molecular weight excluding hydrogens is 136 g/mol.